The quantitative estimate of drug-likeness (QED) is 0.365. The molecule has 1 aliphatic heterocycles. The van der Waals surface area contributed by atoms with Crippen molar-refractivity contribution in [1.82, 2.24) is 4.57 Å². The van der Waals surface area contributed by atoms with Gasteiger partial charge in [-0.1, -0.05) is 75.7 Å². The van der Waals surface area contributed by atoms with Gasteiger partial charge in [0, 0.05) is 23.4 Å². The van der Waals surface area contributed by atoms with Crippen LogP contribution < -0.4 is 0 Å². The molecule has 1 saturated heterocycles. The number of para-hydroxylation sites is 1. The average Bonchev–Trinajstić information content (AvgIpc) is 3.52. The minimum absolute atomic E-state index is 0.112. The maximum atomic E-state index is 14.3. The van der Waals surface area contributed by atoms with Crippen LogP contribution in [0.15, 0.2) is 54.6 Å². The van der Waals surface area contributed by atoms with Crippen molar-refractivity contribution in [1.29, 1.82) is 0 Å². The molecule has 0 radical (unpaired) electrons. The average molecular weight is 516 g/mol. The molecule has 1 spiro atoms. The molecule has 5 heteroatoms. The van der Waals surface area contributed by atoms with Gasteiger partial charge in [0.2, 0.25) is 0 Å². The van der Waals surface area contributed by atoms with Gasteiger partial charge >= 0.3 is 6.09 Å². The first kappa shape index (κ1) is 25.6. The molecule has 6 rings (SSSR count). The fourth-order valence-electron chi connectivity index (χ4n) is 7.70. The number of hydrogen-bond acceptors (Lipinski definition) is 4. The maximum Gasteiger partial charge on any atom is 0.419 e. The molecule has 0 unspecified atom stereocenters. The molecule has 2 heterocycles. The van der Waals surface area contributed by atoms with Crippen molar-refractivity contribution in [3.8, 4) is 0 Å². The molecule has 0 amide bonds. The van der Waals surface area contributed by atoms with Crippen LogP contribution >= 0.6 is 0 Å². The molecule has 202 valence electrons. The smallest absolute Gasteiger partial charge is 0.419 e. The SMILES string of the molecule is C[C@@H]1CC[C@@H](C(C)(C)c2ccccc2)[C@H](OC(=O)n2c3c(c4ccccc42)CCC2(OCCO2)C3(C)C)C1. The third-order valence-corrected chi connectivity index (χ3v) is 9.92. The highest BCUT2D eigenvalue weighted by Crippen LogP contribution is 2.51. The van der Waals surface area contributed by atoms with Crippen molar-refractivity contribution in [3.05, 3.63) is 71.4 Å². The summed E-state index contributed by atoms with van der Waals surface area (Å²) in [5.74, 6) is 0.0401. The third kappa shape index (κ3) is 3.84. The van der Waals surface area contributed by atoms with Gasteiger partial charge < -0.3 is 14.2 Å². The van der Waals surface area contributed by atoms with Crippen molar-refractivity contribution >= 4 is 17.0 Å². The van der Waals surface area contributed by atoms with E-state index in [1.165, 1.54) is 11.1 Å². The Bertz CT molecular complexity index is 1330. The first-order valence-corrected chi connectivity index (χ1v) is 14.3. The molecule has 2 fully saturated rings. The van der Waals surface area contributed by atoms with E-state index in [4.69, 9.17) is 14.2 Å². The number of carbonyl (C=O) groups excluding carboxylic acids is 1. The number of aryl methyl sites for hydroxylation is 1. The van der Waals surface area contributed by atoms with Crippen LogP contribution in [0, 0.1) is 11.8 Å². The molecular formula is C33H41NO4. The van der Waals surface area contributed by atoms with Gasteiger partial charge in [-0.25, -0.2) is 9.36 Å². The highest BCUT2D eigenvalue weighted by atomic mass is 16.7. The summed E-state index contributed by atoms with van der Waals surface area (Å²) in [6.45, 7) is 12.4. The van der Waals surface area contributed by atoms with Crippen LogP contribution in [0.5, 0.6) is 0 Å². The largest absolute Gasteiger partial charge is 0.445 e. The second-order valence-corrected chi connectivity index (χ2v) is 12.8. The Hall–Kier alpha value is -2.63. The van der Waals surface area contributed by atoms with Gasteiger partial charge in [0.1, 0.15) is 6.10 Å². The Morgan fingerprint density at radius 2 is 1.68 bits per heavy atom. The molecule has 1 saturated carbocycles. The minimum Gasteiger partial charge on any atom is -0.445 e. The summed E-state index contributed by atoms with van der Waals surface area (Å²) in [6, 6.07) is 18.9. The lowest BCUT2D eigenvalue weighted by molar-refractivity contribution is -0.210. The fraction of sp³-hybridized carbons (Fsp3) is 0.545. The van der Waals surface area contributed by atoms with Gasteiger partial charge in [0.15, 0.2) is 5.79 Å². The van der Waals surface area contributed by atoms with Crippen LogP contribution in [0.25, 0.3) is 10.9 Å². The van der Waals surface area contributed by atoms with Gasteiger partial charge in [-0.05, 0) is 61.6 Å². The molecule has 2 aromatic carbocycles. The predicted molar refractivity (Wildman–Crippen MR) is 150 cm³/mol. The van der Waals surface area contributed by atoms with E-state index in [1.807, 2.05) is 16.7 Å². The lowest BCUT2D eigenvalue weighted by atomic mass is 9.64. The van der Waals surface area contributed by atoms with Crippen molar-refractivity contribution < 1.29 is 19.0 Å². The number of rotatable bonds is 3. The number of benzene rings is 2. The number of aromatic nitrogens is 1. The minimum atomic E-state index is -0.719. The van der Waals surface area contributed by atoms with Gasteiger partial charge in [-0.2, -0.15) is 0 Å². The standard InChI is InChI=1S/C33H41NO4/c1-22-15-16-26(31(2,3)23-11-7-6-8-12-23)28(21-22)38-30(35)34-27-14-10-9-13-24(27)25-17-18-33(36-19-20-37-33)32(4,5)29(25)34/h6-14,22,26,28H,15-21H2,1-5H3/t22-,26-,28-/m1/s1. The number of ether oxygens (including phenoxy) is 3. The Labute approximate surface area is 226 Å². The number of nitrogens with zero attached hydrogens (tertiary/aromatic N) is 1. The van der Waals surface area contributed by atoms with Crippen molar-refractivity contribution in [2.75, 3.05) is 13.2 Å². The molecule has 3 atom stereocenters. The molecular weight excluding hydrogens is 474 g/mol. The first-order valence-electron chi connectivity index (χ1n) is 14.3. The second-order valence-electron chi connectivity index (χ2n) is 12.8. The normalized spacial score (nSPS) is 26.4. The van der Waals surface area contributed by atoms with Gasteiger partial charge in [-0.15, -0.1) is 0 Å². The van der Waals surface area contributed by atoms with E-state index in [-0.39, 0.29) is 23.5 Å². The van der Waals surface area contributed by atoms with Crippen LogP contribution in [0.3, 0.4) is 0 Å². The summed E-state index contributed by atoms with van der Waals surface area (Å²) in [4.78, 5) is 14.3. The molecule has 3 aromatic rings. The number of hydrogen-bond donors (Lipinski definition) is 0. The van der Waals surface area contributed by atoms with E-state index in [1.54, 1.807) is 0 Å². The lowest BCUT2D eigenvalue weighted by Crippen LogP contribution is -2.53. The highest BCUT2D eigenvalue weighted by Gasteiger charge is 2.56. The summed E-state index contributed by atoms with van der Waals surface area (Å²) < 4.78 is 21.0. The molecule has 1 aromatic heterocycles. The Morgan fingerprint density at radius 1 is 1.00 bits per heavy atom. The van der Waals surface area contributed by atoms with Crippen LogP contribution in [0.2, 0.25) is 0 Å². The van der Waals surface area contributed by atoms with Gasteiger partial charge in [-0.3, -0.25) is 0 Å². The summed E-state index contributed by atoms with van der Waals surface area (Å²) in [5.41, 5.74) is 3.76. The predicted octanol–water partition coefficient (Wildman–Crippen LogP) is 7.38. The monoisotopic (exact) mass is 515 g/mol. The zero-order chi connectivity index (χ0) is 26.7. The molecule has 3 aliphatic rings. The highest BCUT2D eigenvalue weighted by molar-refractivity contribution is 5.94. The third-order valence-electron chi connectivity index (χ3n) is 9.92. The summed E-state index contributed by atoms with van der Waals surface area (Å²) >= 11 is 0. The van der Waals surface area contributed by atoms with Crippen LogP contribution in [0.1, 0.15) is 77.1 Å². The molecule has 5 nitrogen and oxygen atoms in total. The zero-order valence-corrected chi connectivity index (χ0v) is 23.5. The van der Waals surface area contributed by atoms with E-state index in [0.29, 0.717) is 19.1 Å². The van der Waals surface area contributed by atoms with E-state index < -0.39 is 11.2 Å². The summed E-state index contributed by atoms with van der Waals surface area (Å²) in [7, 11) is 0. The van der Waals surface area contributed by atoms with E-state index >= 15 is 0 Å². The van der Waals surface area contributed by atoms with E-state index in [9.17, 15) is 4.79 Å². The first-order chi connectivity index (χ1) is 18.2. The Morgan fingerprint density at radius 3 is 2.42 bits per heavy atom. The van der Waals surface area contributed by atoms with Crippen LogP contribution in [-0.2, 0) is 31.5 Å². The lowest BCUT2D eigenvalue weighted by Gasteiger charge is -2.46. The maximum absolute atomic E-state index is 14.3. The molecule has 0 bridgehead atoms. The van der Waals surface area contributed by atoms with Crippen molar-refractivity contribution in [3.63, 3.8) is 0 Å². The molecule has 38 heavy (non-hydrogen) atoms. The zero-order valence-electron chi connectivity index (χ0n) is 23.5. The Balaban J connectivity index is 1.41. The second kappa shape index (κ2) is 9.24. The number of fused-ring (bicyclic) bond motifs is 3. The van der Waals surface area contributed by atoms with E-state index in [2.05, 4.69) is 77.1 Å². The molecule has 0 N–H and O–H groups in total. The fourth-order valence-corrected chi connectivity index (χ4v) is 7.70. The topological polar surface area (TPSA) is 49.7 Å². The van der Waals surface area contributed by atoms with Gasteiger partial charge in [0.25, 0.3) is 0 Å². The van der Waals surface area contributed by atoms with Crippen molar-refractivity contribution in [2.24, 2.45) is 11.8 Å². The number of carbonyl (C=O) groups is 1. The van der Waals surface area contributed by atoms with Crippen LogP contribution in [-0.4, -0.2) is 35.8 Å². The van der Waals surface area contributed by atoms with Crippen molar-refractivity contribution in [2.45, 2.75) is 89.4 Å². The van der Waals surface area contributed by atoms with Gasteiger partial charge in [0.05, 0.1) is 24.1 Å². The summed E-state index contributed by atoms with van der Waals surface area (Å²) in [5, 5.41) is 1.12. The molecule has 2 aliphatic carbocycles. The summed E-state index contributed by atoms with van der Waals surface area (Å²) in [6.07, 6.45) is 4.24. The van der Waals surface area contributed by atoms with E-state index in [0.717, 1.165) is 48.7 Å². The Kier molecular flexibility index (Phi) is 6.23. The van der Waals surface area contributed by atoms with Crippen LogP contribution in [0.4, 0.5) is 4.79 Å².